The van der Waals surface area contributed by atoms with E-state index in [4.69, 9.17) is 9.47 Å². The number of benzene rings is 2. The molecule has 0 bridgehead atoms. The number of aromatic nitrogens is 1. The molecule has 0 saturated carbocycles. The number of hydrogen-bond acceptors (Lipinski definition) is 6. The molecule has 0 saturated heterocycles. The van der Waals surface area contributed by atoms with Gasteiger partial charge in [0, 0.05) is 4.47 Å². The van der Waals surface area contributed by atoms with Crippen LogP contribution in [0, 0.1) is 7.14 Å². The van der Waals surface area contributed by atoms with Gasteiger partial charge in [-0.3, -0.25) is 9.36 Å². The number of carbonyl (C=O) groups excluding carboxylic acids is 1. The number of thiazole rings is 1. The lowest BCUT2D eigenvalue weighted by Crippen LogP contribution is -2.39. The highest BCUT2D eigenvalue weighted by molar-refractivity contribution is 14.1. The maximum absolute atomic E-state index is 13.7. The standard InChI is InChI=1S/C25H21BrI2N2O4S/c1-4-33-22-17(27)10-14(11-18(22)28)12-19-23(31)30-21(15-6-8-16(26)9-7-15)20(24(32)34-5-2)13(3)29-25(30)35-19/h6-12,21H,4-5H2,1-3H3/b19-12-/t21-/m0/s1. The normalized spacial score (nSPS) is 15.6. The SMILES string of the molecule is CCOC(=O)C1=C(C)N=c2s/c(=C\c3cc(I)c(OCC)c(I)c3)c(=O)n2[C@H]1c1ccc(Br)cc1. The highest BCUT2D eigenvalue weighted by Gasteiger charge is 2.33. The van der Waals surface area contributed by atoms with E-state index in [2.05, 4.69) is 66.1 Å². The molecular weight excluding hydrogens is 758 g/mol. The van der Waals surface area contributed by atoms with Crippen molar-refractivity contribution in [3.8, 4) is 5.75 Å². The van der Waals surface area contributed by atoms with Gasteiger partial charge < -0.3 is 9.47 Å². The molecule has 1 aromatic heterocycles. The summed E-state index contributed by atoms with van der Waals surface area (Å²) in [7, 11) is 0. The zero-order valence-electron chi connectivity index (χ0n) is 19.1. The number of nitrogens with zero attached hydrogens (tertiary/aromatic N) is 2. The van der Waals surface area contributed by atoms with Gasteiger partial charge in [0.1, 0.15) is 5.75 Å². The third kappa shape index (κ3) is 5.44. The van der Waals surface area contributed by atoms with Crippen molar-refractivity contribution >= 4 is 84.5 Å². The van der Waals surface area contributed by atoms with E-state index in [0.717, 1.165) is 28.5 Å². The predicted octanol–water partition coefficient (Wildman–Crippen LogP) is 5.17. The van der Waals surface area contributed by atoms with Gasteiger partial charge >= 0.3 is 5.97 Å². The Morgan fingerprint density at radius 2 is 1.83 bits per heavy atom. The summed E-state index contributed by atoms with van der Waals surface area (Å²) in [5.41, 5.74) is 2.43. The Morgan fingerprint density at radius 1 is 1.17 bits per heavy atom. The van der Waals surface area contributed by atoms with Crippen molar-refractivity contribution in [2.24, 2.45) is 4.99 Å². The van der Waals surface area contributed by atoms with E-state index in [-0.39, 0.29) is 12.2 Å². The summed E-state index contributed by atoms with van der Waals surface area (Å²) in [5.74, 6) is 0.379. The smallest absolute Gasteiger partial charge is 0.338 e. The van der Waals surface area contributed by atoms with E-state index >= 15 is 0 Å². The zero-order chi connectivity index (χ0) is 25.3. The average molecular weight is 779 g/mol. The lowest BCUT2D eigenvalue weighted by molar-refractivity contribution is -0.139. The molecule has 1 atom stereocenters. The summed E-state index contributed by atoms with van der Waals surface area (Å²) in [5, 5.41) is 0. The molecule has 0 aliphatic carbocycles. The minimum absolute atomic E-state index is 0.199. The highest BCUT2D eigenvalue weighted by Crippen LogP contribution is 2.32. The second-order valence-corrected chi connectivity index (χ2v) is 11.8. The predicted molar refractivity (Wildman–Crippen MR) is 158 cm³/mol. The molecule has 182 valence electrons. The monoisotopic (exact) mass is 778 g/mol. The molecule has 4 rings (SSSR count). The molecule has 1 aliphatic rings. The van der Waals surface area contributed by atoms with E-state index in [9.17, 15) is 9.59 Å². The van der Waals surface area contributed by atoms with Crippen LogP contribution >= 0.6 is 72.4 Å². The molecule has 0 amide bonds. The van der Waals surface area contributed by atoms with Gasteiger partial charge in [-0.1, -0.05) is 39.4 Å². The molecule has 3 aromatic rings. The van der Waals surface area contributed by atoms with Crippen LogP contribution < -0.4 is 19.6 Å². The van der Waals surface area contributed by atoms with Gasteiger partial charge in [-0.25, -0.2) is 9.79 Å². The van der Waals surface area contributed by atoms with Gasteiger partial charge in [0.05, 0.1) is 42.2 Å². The number of fused-ring (bicyclic) bond motifs is 1. The Hall–Kier alpha value is -1.51. The van der Waals surface area contributed by atoms with E-state index in [0.29, 0.717) is 27.2 Å². The first kappa shape index (κ1) is 26.6. The molecule has 1 aliphatic heterocycles. The number of esters is 1. The van der Waals surface area contributed by atoms with Crippen LogP contribution in [-0.2, 0) is 9.53 Å². The quantitative estimate of drug-likeness (QED) is 0.256. The summed E-state index contributed by atoms with van der Waals surface area (Å²) in [6, 6.07) is 11.0. The number of hydrogen-bond donors (Lipinski definition) is 0. The van der Waals surface area contributed by atoms with E-state index in [1.54, 1.807) is 18.4 Å². The highest BCUT2D eigenvalue weighted by atomic mass is 127. The van der Waals surface area contributed by atoms with Crippen LogP contribution in [0.15, 0.2) is 61.9 Å². The minimum Gasteiger partial charge on any atom is -0.492 e. The van der Waals surface area contributed by atoms with Crippen LogP contribution in [0.25, 0.3) is 6.08 Å². The van der Waals surface area contributed by atoms with E-state index < -0.39 is 12.0 Å². The van der Waals surface area contributed by atoms with Crippen LogP contribution in [0.4, 0.5) is 0 Å². The molecule has 2 aromatic carbocycles. The Balaban J connectivity index is 1.91. The van der Waals surface area contributed by atoms with Crippen molar-refractivity contribution in [2.45, 2.75) is 26.8 Å². The molecule has 0 spiro atoms. The average Bonchev–Trinajstić information content (AvgIpc) is 3.10. The van der Waals surface area contributed by atoms with Gasteiger partial charge in [-0.15, -0.1) is 0 Å². The molecule has 6 nitrogen and oxygen atoms in total. The fraction of sp³-hybridized carbons (Fsp3) is 0.240. The Kier molecular flexibility index (Phi) is 8.54. The summed E-state index contributed by atoms with van der Waals surface area (Å²) in [6.07, 6.45) is 1.87. The van der Waals surface area contributed by atoms with Gasteiger partial charge in [0.2, 0.25) is 0 Å². The number of halogens is 3. The maximum atomic E-state index is 13.7. The molecule has 10 heteroatoms. The van der Waals surface area contributed by atoms with Crippen LogP contribution in [0.1, 0.15) is 37.9 Å². The van der Waals surface area contributed by atoms with Gasteiger partial charge in [-0.05, 0) is 107 Å². The zero-order valence-corrected chi connectivity index (χ0v) is 25.8. The summed E-state index contributed by atoms with van der Waals surface area (Å²) < 4.78 is 16.1. The number of ether oxygens (including phenoxy) is 2. The Bertz CT molecular complexity index is 1490. The van der Waals surface area contributed by atoms with Gasteiger partial charge in [0.15, 0.2) is 4.80 Å². The first-order chi connectivity index (χ1) is 16.7. The number of carbonyl (C=O) groups is 1. The van der Waals surface area contributed by atoms with Crippen molar-refractivity contribution in [3.63, 3.8) is 0 Å². The molecule has 0 N–H and O–H groups in total. The lowest BCUT2D eigenvalue weighted by Gasteiger charge is -2.24. The van der Waals surface area contributed by atoms with Crippen molar-refractivity contribution in [1.82, 2.24) is 4.57 Å². The second kappa shape index (κ2) is 11.3. The first-order valence-electron chi connectivity index (χ1n) is 10.8. The van der Waals surface area contributed by atoms with Crippen molar-refractivity contribution < 1.29 is 14.3 Å². The molecule has 0 radical (unpaired) electrons. The third-order valence-electron chi connectivity index (χ3n) is 5.31. The fourth-order valence-corrected chi connectivity index (χ4v) is 7.29. The lowest BCUT2D eigenvalue weighted by atomic mass is 9.96. The van der Waals surface area contributed by atoms with Crippen LogP contribution in [0.3, 0.4) is 0 Å². The van der Waals surface area contributed by atoms with Gasteiger partial charge in [-0.2, -0.15) is 0 Å². The van der Waals surface area contributed by atoms with Crippen LogP contribution in [0.5, 0.6) is 5.75 Å². The second-order valence-electron chi connectivity index (χ2n) is 7.60. The molecule has 35 heavy (non-hydrogen) atoms. The Morgan fingerprint density at radius 3 is 2.43 bits per heavy atom. The van der Waals surface area contributed by atoms with Crippen molar-refractivity contribution in [2.75, 3.05) is 13.2 Å². The maximum Gasteiger partial charge on any atom is 0.338 e. The first-order valence-corrected chi connectivity index (χ1v) is 14.6. The summed E-state index contributed by atoms with van der Waals surface area (Å²) >= 11 is 9.27. The minimum atomic E-state index is -0.624. The number of allylic oxidation sites excluding steroid dienone is 1. The van der Waals surface area contributed by atoms with Crippen LogP contribution in [0.2, 0.25) is 0 Å². The third-order valence-corrected chi connectivity index (χ3v) is 8.42. The topological polar surface area (TPSA) is 69.9 Å². The molecule has 2 heterocycles. The van der Waals surface area contributed by atoms with E-state index in [1.807, 2.05) is 49.4 Å². The fourth-order valence-electron chi connectivity index (χ4n) is 3.85. The summed E-state index contributed by atoms with van der Waals surface area (Å²) in [6.45, 7) is 6.32. The molecule has 0 fully saturated rings. The van der Waals surface area contributed by atoms with Crippen LogP contribution in [-0.4, -0.2) is 23.8 Å². The molecular formula is C25H21BrI2N2O4S. The number of rotatable bonds is 6. The van der Waals surface area contributed by atoms with Crippen molar-refractivity contribution in [1.29, 1.82) is 0 Å². The van der Waals surface area contributed by atoms with Gasteiger partial charge in [0.25, 0.3) is 5.56 Å². The Labute approximate surface area is 242 Å². The largest absolute Gasteiger partial charge is 0.492 e. The van der Waals surface area contributed by atoms with E-state index in [1.165, 1.54) is 11.3 Å². The van der Waals surface area contributed by atoms with Crippen molar-refractivity contribution in [3.05, 3.63) is 90.1 Å². The molecule has 0 unspecified atom stereocenters. The summed E-state index contributed by atoms with van der Waals surface area (Å²) in [4.78, 5) is 31.8.